The van der Waals surface area contributed by atoms with Crippen molar-refractivity contribution in [3.05, 3.63) is 46.0 Å². The highest BCUT2D eigenvalue weighted by atomic mass is 127. The Bertz CT molecular complexity index is 860. The number of hydrogen-bond acceptors (Lipinski definition) is 2. The first kappa shape index (κ1) is 9.85. The minimum atomic E-state index is 1.07. The normalized spacial score (nSPS) is 11.8. The van der Waals surface area contributed by atoms with Gasteiger partial charge in [0.25, 0.3) is 0 Å². The summed E-state index contributed by atoms with van der Waals surface area (Å²) in [5.41, 5.74) is 3.51. The predicted molar refractivity (Wildman–Crippen MR) is 80.8 cm³/mol. The van der Waals surface area contributed by atoms with Crippen LogP contribution >= 0.6 is 33.9 Å². The summed E-state index contributed by atoms with van der Waals surface area (Å²) < 4.78 is 4.86. The number of para-hydroxylation sites is 2. The molecule has 0 amide bonds. The van der Waals surface area contributed by atoms with Gasteiger partial charge in [-0.2, -0.15) is 0 Å². The second kappa shape index (κ2) is 3.43. The Balaban J connectivity index is 2.36. The van der Waals surface area contributed by atoms with Gasteiger partial charge >= 0.3 is 0 Å². The van der Waals surface area contributed by atoms with E-state index >= 15 is 0 Å². The van der Waals surface area contributed by atoms with Crippen molar-refractivity contribution in [2.24, 2.45) is 0 Å². The number of nitrogens with zero attached hydrogens (tertiary/aromatic N) is 2. The van der Waals surface area contributed by atoms with Crippen molar-refractivity contribution in [3.63, 3.8) is 0 Å². The molecule has 0 fully saturated rings. The number of aromatic nitrogens is 2. The molecule has 0 spiro atoms. The average molecular weight is 350 g/mol. The van der Waals surface area contributed by atoms with E-state index in [4.69, 9.17) is 0 Å². The fourth-order valence-corrected chi connectivity index (χ4v) is 4.03. The van der Waals surface area contributed by atoms with Gasteiger partial charge < -0.3 is 0 Å². The summed E-state index contributed by atoms with van der Waals surface area (Å²) in [6.45, 7) is 0. The second-order valence-corrected chi connectivity index (χ2v) is 6.05. The molecule has 2 aromatic heterocycles. The summed E-state index contributed by atoms with van der Waals surface area (Å²) in [6, 6.07) is 14.7. The summed E-state index contributed by atoms with van der Waals surface area (Å²) in [7, 11) is 0. The molecule has 2 aromatic carbocycles. The molecule has 2 nitrogen and oxygen atoms in total. The van der Waals surface area contributed by atoms with Gasteiger partial charge in [0.1, 0.15) is 0 Å². The Morgan fingerprint density at radius 3 is 2.76 bits per heavy atom. The van der Waals surface area contributed by atoms with Gasteiger partial charge in [-0.1, -0.05) is 29.5 Å². The maximum absolute atomic E-state index is 4.67. The second-order valence-electron chi connectivity index (χ2n) is 3.91. The zero-order valence-electron chi connectivity index (χ0n) is 8.72. The SMILES string of the molecule is Ic1cccc2c1sc1nc3ccccc3n12. The van der Waals surface area contributed by atoms with Gasteiger partial charge in [-0.3, -0.25) is 4.40 Å². The topological polar surface area (TPSA) is 17.3 Å². The van der Waals surface area contributed by atoms with Crippen molar-refractivity contribution in [3.8, 4) is 0 Å². The van der Waals surface area contributed by atoms with E-state index in [-0.39, 0.29) is 0 Å². The van der Waals surface area contributed by atoms with Crippen molar-refractivity contribution in [1.29, 1.82) is 0 Å². The first-order valence-electron chi connectivity index (χ1n) is 5.29. The zero-order valence-corrected chi connectivity index (χ0v) is 11.7. The number of benzene rings is 2. The van der Waals surface area contributed by atoms with Crippen LogP contribution in [0.4, 0.5) is 0 Å². The largest absolute Gasteiger partial charge is 0.283 e. The molecule has 4 rings (SSSR count). The lowest BCUT2D eigenvalue weighted by molar-refractivity contribution is 1.34. The standard InChI is InChI=1S/C13H7IN2S/c14-8-4-3-7-11-12(8)17-13-15-9-5-1-2-6-10(9)16(11)13/h1-7H. The molecule has 0 unspecified atom stereocenters. The molecule has 0 saturated carbocycles. The van der Waals surface area contributed by atoms with Gasteiger partial charge in [-0.15, -0.1) is 0 Å². The van der Waals surface area contributed by atoms with Crippen LogP contribution in [-0.2, 0) is 0 Å². The van der Waals surface area contributed by atoms with E-state index in [1.165, 1.54) is 19.3 Å². The summed E-state index contributed by atoms with van der Waals surface area (Å²) in [4.78, 5) is 5.75. The van der Waals surface area contributed by atoms with Crippen molar-refractivity contribution in [2.45, 2.75) is 0 Å². The third-order valence-corrected chi connectivity index (χ3v) is 5.27. The van der Waals surface area contributed by atoms with Crippen LogP contribution in [0.25, 0.3) is 26.2 Å². The number of rotatable bonds is 0. The minimum absolute atomic E-state index is 1.07. The Labute approximate surface area is 115 Å². The van der Waals surface area contributed by atoms with Gasteiger partial charge in [0.05, 0.1) is 21.3 Å². The molecule has 82 valence electrons. The van der Waals surface area contributed by atoms with E-state index in [0.717, 1.165) is 10.5 Å². The van der Waals surface area contributed by atoms with Gasteiger partial charge in [0.2, 0.25) is 0 Å². The Morgan fingerprint density at radius 2 is 1.82 bits per heavy atom. The van der Waals surface area contributed by atoms with Gasteiger partial charge in [0, 0.05) is 3.57 Å². The van der Waals surface area contributed by atoms with Crippen molar-refractivity contribution >= 4 is 60.1 Å². The van der Waals surface area contributed by atoms with Crippen LogP contribution in [0.2, 0.25) is 0 Å². The van der Waals surface area contributed by atoms with E-state index in [1.807, 2.05) is 6.07 Å². The molecule has 4 aromatic rings. The molecule has 0 aliphatic carbocycles. The molecular formula is C13H7IN2S. The van der Waals surface area contributed by atoms with Crippen LogP contribution in [0.3, 0.4) is 0 Å². The lowest BCUT2D eigenvalue weighted by Crippen LogP contribution is -1.80. The van der Waals surface area contributed by atoms with E-state index < -0.39 is 0 Å². The fraction of sp³-hybridized carbons (Fsp3) is 0. The average Bonchev–Trinajstić information content (AvgIpc) is 2.85. The molecule has 2 heterocycles. The third kappa shape index (κ3) is 1.28. The minimum Gasteiger partial charge on any atom is -0.283 e. The number of halogens is 1. The van der Waals surface area contributed by atoms with Gasteiger partial charge in [-0.05, 0) is 46.9 Å². The number of hydrogen-bond donors (Lipinski definition) is 0. The predicted octanol–water partition coefficient (Wildman–Crippen LogP) is 4.31. The monoisotopic (exact) mass is 350 g/mol. The van der Waals surface area contributed by atoms with E-state index in [1.54, 1.807) is 11.3 Å². The Kier molecular flexibility index (Phi) is 1.99. The van der Waals surface area contributed by atoms with Crippen LogP contribution in [0.1, 0.15) is 0 Å². The third-order valence-electron chi connectivity index (χ3n) is 2.91. The Morgan fingerprint density at radius 1 is 1.00 bits per heavy atom. The highest BCUT2D eigenvalue weighted by Gasteiger charge is 2.11. The van der Waals surface area contributed by atoms with Crippen molar-refractivity contribution in [1.82, 2.24) is 9.38 Å². The molecule has 0 saturated heterocycles. The summed E-state index contributed by atoms with van der Waals surface area (Å²) in [6.07, 6.45) is 0. The molecule has 4 heteroatoms. The summed E-state index contributed by atoms with van der Waals surface area (Å²) >= 11 is 4.14. The molecule has 0 bridgehead atoms. The molecule has 0 atom stereocenters. The van der Waals surface area contributed by atoms with Crippen LogP contribution < -0.4 is 0 Å². The highest BCUT2D eigenvalue weighted by Crippen LogP contribution is 2.32. The molecule has 17 heavy (non-hydrogen) atoms. The van der Waals surface area contributed by atoms with E-state index in [9.17, 15) is 0 Å². The number of fused-ring (bicyclic) bond motifs is 5. The number of thiazole rings is 1. The van der Waals surface area contributed by atoms with E-state index in [0.29, 0.717) is 0 Å². The van der Waals surface area contributed by atoms with Crippen LogP contribution in [0.15, 0.2) is 42.5 Å². The fourth-order valence-electron chi connectivity index (χ4n) is 2.17. The van der Waals surface area contributed by atoms with Crippen molar-refractivity contribution in [2.75, 3.05) is 0 Å². The quantitative estimate of drug-likeness (QED) is 0.432. The molecular weight excluding hydrogens is 343 g/mol. The van der Waals surface area contributed by atoms with Crippen LogP contribution in [0, 0.1) is 3.57 Å². The van der Waals surface area contributed by atoms with Crippen LogP contribution in [0.5, 0.6) is 0 Å². The van der Waals surface area contributed by atoms with Crippen LogP contribution in [-0.4, -0.2) is 9.38 Å². The Hall–Kier alpha value is -1.14. The van der Waals surface area contributed by atoms with Gasteiger partial charge in [-0.25, -0.2) is 4.98 Å². The molecule has 0 aliphatic heterocycles. The first-order chi connectivity index (χ1) is 8.34. The van der Waals surface area contributed by atoms with Crippen molar-refractivity contribution < 1.29 is 0 Å². The lowest BCUT2D eigenvalue weighted by atomic mass is 10.3. The van der Waals surface area contributed by atoms with E-state index in [2.05, 4.69) is 68.4 Å². The summed E-state index contributed by atoms with van der Waals surface area (Å²) in [5.74, 6) is 0. The maximum atomic E-state index is 4.67. The maximum Gasteiger partial charge on any atom is 0.195 e. The smallest absolute Gasteiger partial charge is 0.195 e. The van der Waals surface area contributed by atoms with Gasteiger partial charge in [0.15, 0.2) is 4.96 Å². The summed E-state index contributed by atoms with van der Waals surface area (Å²) in [5, 5.41) is 0. The molecule has 0 N–H and O–H groups in total. The highest BCUT2D eigenvalue weighted by molar-refractivity contribution is 14.1. The molecule has 0 aliphatic rings. The molecule has 0 radical (unpaired) electrons. The zero-order chi connectivity index (χ0) is 11.4. The first-order valence-corrected chi connectivity index (χ1v) is 7.18. The number of imidazole rings is 1. The lowest BCUT2D eigenvalue weighted by Gasteiger charge is -1.95.